The third kappa shape index (κ3) is 5.13. The Labute approximate surface area is 131 Å². The predicted octanol–water partition coefficient (Wildman–Crippen LogP) is 3.48. The Morgan fingerprint density at radius 1 is 1.53 bits per heavy atom. The van der Waals surface area contributed by atoms with Gasteiger partial charge < -0.3 is 11.1 Å². The van der Waals surface area contributed by atoms with Crippen LogP contribution in [0.1, 0.15) is 30.6 Å². The van der Waals surface area contributed by atoms with Crippen molar-refractivity contribution in [1.82, 2.24) is 5.32 Å². The van der Waals surface area contributed by atoms with Crippen LogP contribution in [0.4, 0.5) is 0 Å². The van der Waals surface area contributed by atoms with Crippen LogP contribution in [0.5, 0.6) is 0 Å². The van der Waals surface area contributed by atoms with Crippen molar-refractivity contribution in [1.29, 1.82) is 0 Å². The molecule has 3 N–H and O–H groups in total. The largest absolute Gasteiger partial charge is 0.370 e. The maximum Gasteiger partial charge on any atom is 0.189 e. The average Bonchev–Trinajstić information content (AvgIpc) is 2.87. The molecule has 0 amide bonds. The Bertz CT molecular complexity index is 375. The molecule has 0 unspecified atom stereocenters. The Balaban J connectivity index is 0.00000144. The standard InChI is InChI=1S/C11H16BrN3S.HI/c12-8-5-10(16-7-8)6-14-11(13)15-9-3-1-2-4-9;/h5,7,9H,1-4,6H2,(H3,13,14,15);1H. The number of nitrogens with one attached hydrogen (secondary N) is 1. The summed E-state index contributed by atoms with van der Waals surface area (Å²) in [6.45, 7) is 0.668. The van der Waals surface area contributed by atoms with Crippen molar-refractivity contribution in [2.24, 2.45) is 10.7 Å². The fourth-order valence-corrected chi connectivity index (χ4v) is 3.30. The Morgan fingerprint density at radius 2 is 2.24 bits per heavy atom. The highest BCUT2D eigenvalue weighted by Crippen LogP contribution is 2.20. The Kier molecular flexibility index (Phi) is 6.79. The second-order valence-corrected chi connectivity index (χ2v) is 5.97. The van der Waals surface area contributed by atoms with E-state index in [9.17, 15) is 0 Å². The first kappa shape index (κ1) is 15.2. The minimum Gasteiger partial charge on any atom is -0.370 e. The third-order valence-corrected chi connectivity index (χ3v) is 4.42. The van der Waals surface area contributed by atoms with Gasteiger partial charge in [0.05, 0.1) is 6.54 Å². The molecule has 0 saturated heterocycles. The van der Waals surface area contributed by atoms with Crippen LogP contribution < -0.4 is 11.1 Å². The lowest BCUT2D eigenvalue weighted by atomic mass is 10.2. The minimum absolute atomic E-state index is 0. The van der Waals surface area contributed by atoms with Gasteiger partial charge in [0.15, 0.2) is 5.96 Å². The zero-order chi connectivity index (χ0) is 11.4. The lowest BCUT2D eigenvalue weighted by Crippen LogP contribution is -2.38. The number of hydrogen-bond acceptors (Lipinski definition) is 2. The number of halogens is 2. The normalized spacial score (nSPS) is 16.9. The van der Waals surface area contributed by atoms with Gasteiger partial charge in [-0.15, -0.1) is 35.3 Å². The molecular formula is C11H17BrIN3S. The molecule has 1 heterocycles. The number of nitrogens with zero attached hydrogens (tertiary/aromatic N) is 1. The van der Waals surface area contributed by atoms with Crippen LogP contribution in [0, 0.1) is 0 Å². The summed E-state index contributed by atoms with van der Waals surface area (Å²) in [5.41, 5.74) is 5.84. The molecule has 0 aromatic carbocycles. The summed E-state index contributed by atoms with van der Waals surface area (Å²) in [4.78, 5) is 5.57. The van der Waals surface area contributed by atoms with Crippen LogP contribution in [0.25, 0.3) is 0 Å². The van der Waals surface area contributed by atoms with E-state index >= 15 is 0 Å². The molecule has 0 bridgehead atoms. The highest BCUT2D eigenvalue weighted by Gasteiger charge is 2.14. The van der Waals surface area contributed by atoms with Crippen molar-refractivity contribution in [3.05, 3.63) is 20.8 Å². The lowest BCUT2D eigenvalue weighted by molar-refractivity contribution is 0.625. The molecule has 0 spiro atoms. The van der Waals surface area contributed by atoms with E-state index in [-0.39, 0.29) is 24.0 Å². The van der Waals surface area contributed by atoms with Gasteiger partial charge in [-0.1, -0.05) is 12.8 Å². The second kappa shape index (κ2) is 7.58. The van der Waals surface area contributed by atoms with Crippen molar-refractivity contribution in [2.45, 2.75) is 38.3 Å². The van der Waals surface area contributed by atoms with Crippen molar-refractivity contribution in [3.63, 3.8) is 0 Å². The van der Waals surface area contributed by atoms with Crippen LogP contribution in [-0.4, -0.2) is 12.0 Å². The monoisotopic (exact) mass is 429 g/mol. The zero-order valence-electron chi connectivity index (χ0n) is 9.49. The summed E-state index contributed by atoms with van der Waals surface area (Å²) < 4.78 is 1.12. The van der Waals surface area contributed by atoms with Gasteiger partial charge in [0, 0.05) is 20.8 Å². The number of thiophene rings is 1. The van der Waals surface area contributed by atoms with Gasteiger partial charge in [-0.05, 0) is 34.8 Å². The molecule has 6 heteroatoms. The minimum atomic E-state index is 0. The molecule has 0 aliphatic heterocycles. The Morgan fingerprint density at radius 3 is 2.82 bits per heavy atom. The summed E-state index contributed by atoms with van der Waals surface area (Å²) in [6, 6.07) is 2.62. The SMILES string of the molecule is I.NC(=NCc1cc(Br)cs1)NC1CCCC1. The molecule has 0 atom stereocenters. The van der Waals surface area contributed by atoms with Crippen LogP contribution in [0.3, 0.4) is 0 Å². The molecule has 2 rings (SSSR count). The van der Waals surface area contributed by atoms with Crippen molar-refractivity contribution in [2.75, 3.05) is 0 Å². The fourth-order valence-electron chi connectivity index (χ4n) is 1.92. The van der Waals surface area contributed by atoms with E-state index in [1.54, 1.807) is 11.3 Å². The number of rotatable bonds is 3. The maximum atomic E-state index is 5.84. The molecule has 3 nitrogen and oxygen atoms in total. The first-order valence-electron chi connectivity index (χ1n) is 5.53. The molecule has 1 saturated carbocycles. The van der Waals surface area contributed by atoms with Gasteiger partial charge in [0.1, 0.15) is 0 Å². The quantitative estimate of drug-likeness (QED) is 0.439. The van der Waals surface area contributed by atoms with Crippen molar-refractivity contribution >= 4 is 57.2 Å². The van der Waals surface area contributed by atoms with E-state index in [1.165, 1.54) is 30.6 Å². The molecule has 96 valence electrons. The van der Waals surface area contributed by atoms with Crippen LogP contribution >= 0.6 is 51.2 Å². The van der Waals surface area contributed by atoms with Crippen LogP contribution in [0.2, 0.25) is 0 Å². The average molecular weight is 430 g/mol. The molecular weight excluding hydrogens is 413 g/mol. The van der Waals surface area contributed by atoms with Gasteiger partial charge in [-0.25, -0.2) is 4.99 Å². The molecule has 1 aromatic rings. The highest BCUT2D eigenvalue weighted by atomic mass is 127. The van der Waals surface area contributed by atoms with Crippen LogP contribution in [0.15, 0.2) is 20.9 Å². The summed E-state index contributed by atoms with van der Waals surface area (Å²) in [7, 11) is 0. The van der Waals surface area contributed by atoms with E-state index in [0.29, 0.717) is 18.5 Å². The molecule has 1 aliphatic carbocycles. The summed E-state index contributed by atoms with van der Waals surface area (Å²) in [6.07, 6.45) is 5.06. The first-order valence-corrected chi connectivity index (χ1v) is 7.20. The van der Waals surface area contributed by atoms with Crippen molar-refractivity contribution in [3.8, 4) is 0 Å². The number of nitrogens with two attached hydrogens (primary N) is 1. The number of aliphatic imine (C=N–C) groups is 1. The molecule has 0 radical (unpaired) electrons. The van der Waals surface area contributed by atoms with Gasteiger partial charge in [-0.3, -0.25) is 0 Å². The van der Waals surface area contributed by atoms with Crippen molar-refractivity contribution < 1.29 is 0 Å². The molecule has 1 aromatic heterocycles. The highest BCUT2D eigenvalue weighted by molar-refractivity contribution is 14.0. The van der Waals surface area contributed by atoms with E-state index in [2.05, 4.69) is 37.7 Å². The smallest absolute Gasteiger partial charge is 0.189 e. The summed E-state index contributed by atoms with van der Waals surface area (Å²) >= 11 is 5.12. The number of guanidine groups is 1. The van der Waals surface area contributed by atoms with Gasteiger partial charge in [0.2, 0.25) is 0 Å². The lowest BCUT2D eigenvalue weighted by Gasteiger charge is -2.11. The fraction of sp³-hybridized carbons (Fsp3) is 0.545. The Hall–Kier alpha value is 0.180. The summed E-state index contributed by atoms with van der Waals surface area (Å²) in [5, 5.41) is 5.34. The van der Waals surface area contributed by atoms with Crippen LogP contribution in [-0.2, 0) is 6.54 Å². The first-order chi connectivity index (χ1) is 7.74. The van der Waals surface area contributed by atoms with E-state index in [0.717, 1.165) is 4.47 Å². The van der Waals surface area contributed by atoms with Gasteiger partial charge in [-0.2, -0.15) is 0 Å². The van der Waals surface area contributed by atoms with E-state index < -0.39 is 0 Å². The second-order valence-electron chi connectivity index (χ2n) is 4.06. The molecule has 17 heavy (non-hydrogen) atoms. The topological polar surface area (TPSA) is 50.4 Å². The summed E-state index contributed by atoms with van der Waals surface area (Å²) in [5.74, 6) is 0.580. The maximum absolute atomic E-state index is 5.84. The zero-order valence-corrected chi connectivity index (χ0v) is 14.2. The molecule has 1 fully saturated rings. The number of hydrogen-bond donors (Lipinski definition) is 2. The van der Waals surface area contributed by atoms with Gasteiger partial charge in [0.25, 0.3) is 0 Å². The molecule has 1 aliphatic rings. The predicted molar refractivity (Wildman–Crippen MR) is 88.2 cm³/mol. The third-order valence-electron chi connectivity index (χ3n) is 2.73. The van der Waals surface area contributed by atoms with E-state index in [1.807, 2.05) is 0 Å². The van der Waals surface area contributed by atoms with E-state index in [4.69, 9.17) is 5.73 Å². The van der Waals surface area contributed by atoms with Gasteiger partial charge >= 0.3 is 0 Å².